The van der Waals surface area contributed by atoms with Gasteiger partial charge in [0.25, 0.3) is 0 Å². The molecule has 0 aliphatic heterocycles. The smallest absolute Gasteiger partial charge is 0.0403 e. The molecule has 0 bridgehead atoms. The molecule has 102 valence electrons. The lowest BCUT2D eigenvalue weighted by molar-refractivity contribution is 0.883. The summed E-state index contributed by atoms with van der Waals surface area (Å²) in [5.41, 5.74) is 8.94. The molecule has 2 aromatic rings. The average molecular weight is 256 g/mol. The van der Waals surface area contributed by atoms with E-state index in [1.54, 1.807) is 0 Å². The van der Waals surface area contributed by atoms with Gasteiger partial charge >= 0.3 is 0 Å². The van der Waals surface area contributed by atoms with Crippen molar-refractivity contribution >= 4 is 5.69 Å². The van der Waals surface area contributed by atoms with Crippen LogP contribution in [0.3, 0.4) is 0 Å². The van der Waals surface area contributed by atoms with Crippen molar-refractivity contribution in [3.63, 3.8) is 0 Å². The van der Waals surface area contributed by atoms with E-state index in [-0.39, 0.29) is 0 Å². The van der Waals surface area contributed by atoms with Crippen LogP contribution in [0.5, 0.6) is 0 Å². The second-order valence-corrected chi connectivity index (χ2v) is 4.56. The maximum atomic E-state index is 5.52. The SMILES string of the molecule is CCCc1ccc(N)cc1.CCCc1ccccn1. The standard InChI is InChI=1S/C9H13N.C8H11N/c1-2-3-8-4-6-9(10)7-5-8;1-2-5-8-6-3-4-7-9-8/h4-7H,2-3,10H2,1H3;3-4,6-7H,2,5H2,1H3. The molecule has 2 heteroatoms. The number of hydrogen-bond donors (Lipinski definition) is 1. The minimum absolute atomic E-state index is 0.847. The largest absolute Gasteiger partial charge is 0.399 e. The van der Waals surface area contributed by atoms with E-state index in [1.165, 1.54) is 24.1 Å². The van der Waals surface area contributed by atoms with Crippen LogP contribution in [0.15, 0.2) is 48.7 Å². The summed E-state index contributed by atoms with van der Waals surface area (Å²) in [6.07, 6.45) is 6.47. The van der Waals surface area contributed by atoms with Crippen LogP contribution in [-0.4, -0.2) is 4.98 Å². The molecule has 0 unspecified atom stereocenters. The Kier molecular flexibility index (Phi) is 7.33. The van der Waals surface area contributed by atoms with Gasteiger partial charge in [-0.3, -0.25) is 4.98 Å². The molecule has 0 spiro atoms. The third-order valence-electron chi connectivity index (χ3n) is 2.75. The predicted molar refractivity (Wildman–Crippen MR) is 83.1 cm³/mol. The molecule has 19 heavy (non-hydrogen) atoms. The van der Waals surface area contributed by atoms with Gasteiger partial charge in [0.1, 0.15) is 0 Å². The molecule has 0 saturated carbocycles. The van der Waals surface area contributed by atoms with Crippen LogP contribution >= 0.6 is 0 Å². The van der Waals surface area contributed by atoms with Gasteiger partial charge in [-0.15, -0.1) is 0 Å². The number of benzene rings is 1. The number of anilines is 1. The topological polar surface area (TPSA) is 38.9 Å². The van der Waals surface area contributed by atoms with Crippen LogP contribution in [0, 0.1) is 0 Å². The molecule has 0 aliphatic rings. The first-order chi connectivity index (χ1) is 9.26. The van der Waals surface area contributed by atoms with Crippen LogP contribution in [0.4, 0.5) is 5.69 Å². The van der Waals surface area contributed by atoms with Crippen LogP contribution < -0.4 is 5.73 Å². The van der Waals surface area contributed by atoms with Gasteiger partial charge in [0, 0.05) is 17.6 Å². The fourth-order valence-electron chi connectivity index (χ4n) is 1.78. The van der Waals surface area contributed by atoms with E-state index in [1.807, 2.05) is 30.5 Å². The third-order valence-corrected chi connectivity index (χ3v) is 2.75. The van der Waals surface area contributed by atoms with E-state index in [4.69, 9.17) is 5.73 Å². The second kappa shape index (κ2) is 9.15. The van der Waals surface area contributed by atoms with Crippen LogP contribution in [0.25, 0.3) is 0 Å². The van der Waals surface area contributed by atoms with Gasteiger partial charge < -0.3 is 5.73 Å². The fourth-order valence-corrected chi connectivity index (χ4v) is 1.78. The van der Waals surface area contributed by atoms with Crippen molar-refractivity contribution in [1.29, 1.82) is 0 Å². The van der Waals surface area contributed by atoms with Crippen LogP contribution in [0.1, 0.15) is 37.9 Å². The molecule has 2 rings (SSSR count). The van der Waals surface area contributed by atoms with Crippen molar-refractivity contribution in [3.05, 3.63) is 59.9 Å². The monoisotopic (exact) mass is 256 g/mol. The highest BCUT2D eigenvalue weighted by molar-refractivity contribution is 5.39. The Morgan fingerprint density at radius 2 is 1.58 bits per heavy atom. The lowest BCUT2D eigenvalue weighted by Crippen LogP contribution is -1.86. The number of rotatable bonds is 4. The zero-order chi connectivity index (χ0) is 13.9. The van der Waals surface area contributed by atoms with Gasteiger partial charge in [0.15, 0.2) is 0 Å². The van der Waals surface area contributed by atoms with E-state index in [0.717, 1.165) is 18.5 Å². The van der Waals surface area contributed by atoms with E-state index in [0.29, 0.717) is 0 Å². The summed E-state index contributed by atoms with van der Waals surface area (Å²) in [6, 6.07) is 14.1. The number of nitrogens with two attached hydrogens (primary N) is 1. The van der Waals surface area contributed by atoms with Crippen molar-refractivity contribution in [2.75, 3.05) is 5.73 Å². The van der Waals surface area contributed by atoms with Gasteiger partial charge in [-0.1, -0.05) is 44.9 Å². The van der Waals surface area contributed by atoms with E-state index in [9.17, 15) is 0 Å². The number of pyridine rings is 1. The molecule has 1 aromatic carbocycles. The minimum Gasteiger partial charge on any atom is -0.399 e. The minimum atomic E-state index is 0.847. The highest BCUT2D eigenvalue weighted by atomic mass is 14.7. The van der Waals surface area contributed by atoms with E-state index in [2.05, 4.69) is 37.0 Å². The molecule has 0 radical (unpaired) electrons. The van der Waals surface area contributed by atoms with Gasteiger partial charge in [0.05, 0.1) is 0 Å². The van der Waals surface area contributed by atoms with Crippen molar-refractivity contribution in [3.8, 4) is 0 Å². The summed E-state index contributed by atoms with van der Waals surface area (Å²) in [5.74, 6) is 0. The summed E-state index contributed by atoms with van der Waals surface area (Å²) in [5, 5.41) is 0. The number of nitrogens with zero attached hydrogens (tertiary/aromatic N) is 1. The Hall–Kier alpha value is -1.83. The first-order valence-corrected chi connectivity index (χ1v) is 7.00. The summed E-state index contributed by atoms with van der Waals surface area (Å²) in [7, 11) is 0. The van der Waals surface area contributed by atoms with E-state index >= 15 is 0 Å². The Balaban J connectivity index is 0.000000191. The molecule has 1 aromatic heterocycles. The van der Waals surface area contributed by atoms with E-state index < -0.39 is 0 Å². The molecule has 1 heterocycles. The summed E-state index contributed by atoms with van der Waals surface area (Å²) < 4.78 is 0. The van der Waals surface area contributed by atoms with Crippen LogP contribution in [-0.2, 0) is 12.8 Å². The molecule has 0 amide bonds. The van der Waals surface area contributed by atoms with Crippen LogP contribution in [0.2, 0.25) is 0 Å². The molecule has 0 atom stereocenters. The normalized spacial score (nSPS) is 9.58. The fraction of sp³-hybridized carbons (Fsp3) is 0.353. The molecule has 2 nitrogen and oxygen atoms in total. The zero-order valence-corrected chi connectivity index (χ0v) is 12.0. The summed E-state index contributed by atoms with van der Waals surface area (Å²) in [4.78, 5) is 4.17. The van der Waals surface area contributed by atoms with Gasteiger partial charge in [0.2, 0.25) is 0 Å². The van der Waals surface area contributed by atoms with Crippen molar-refractivity contribution < 1.29 is 0 Å². The Bertz CT molecular complexity index is 435. The Morgan fingerprint density at radius 1 is 0.895 bits per heavy atom. The summed E-state index contributed by atoms with van der Waals surface area (Å²) in [6.45, 7) is 4.34. The third kappa shape index (κ3) is 6.61. The molecule has 0 fully saturated rings. The predicted octanol–water partition coefficient (Wildman–Crippen LogP) is 4.26. The van der Waals surface area contributed by atoms with Crippen molar-refractivity contribution in [1.82, 2.24) is 4.98 Å². The van der Waals surface area contributed by atoms with Gasteiger partial charge in [-0.05, 0) is 42.7 Å². The second-order valence-electron chi connectivity index (χ2n) is 4.56. The zero-order valence-electron chi connectivity index (χ0n) is 12.0. The highest BCUT2D eigenvalue weighted by Gasteiger charge is 1.88. The molecule has 2 N–H and O–H groups in total. The number of aromatic nitrogens is 1. The highest BCUT2D eigenvalue weighted by Crippen LogP contribution is 2.06. The summed E-state index contributed by atoms with van der Waals surface area (Å²) >= 11 is 0. The number of hydrogen-bond acceptors (Lipinski definition) is 2. The Morgan fingerprint density at radius 3 is 2.11 bits per heavy atom. The quantitative estimate of drug-likeness (QED) is 0.830. The number of aryl methyl sites for hydroxylation is 2. The first-order valence-electron chi connectivity index (χ1n) is 7.00. The maximum absolute atomic E-state index is 5.52. The number of nitrogen functional groups attached to an aromatic ring is 1. The molecule has 0 aliphatic carbocycles. The van der Waals surface area contributed by atoms with Crippen molar-refractivity contribution in [2.24, 2.45) is 0 Å². The maximum Gasteiger partial charge on any atom is 0.0403 e. The molecular formula is C17H24N2. The Labute approximate surface area is 116 Å². The van der Waals surface area contributed by atoms with Crippen molar-refractivity contribution in [2.45, 2.75) is 39.5 Å². The lowest BCUT2D eigenvalue weighted by Gasteiger charge is -1.97. The molecular weight excluding hydrogens is 232 g/mol. The lowest BCUT2D eigenvalue weighted by atomic mass is 10.1. The average Bonchev–Trinajstić information content (AvgIpc) is 2.44. The molecule has 0 saturated heterocycles. The van der Waals surface area contributed by atoms with Gasteiger partial charge in [-0.25, -0.2) is 0 Å². The first kappa shape index (κ1) is 15.2. The van der Waals surface area contributed by atoms with Gasteiger partial charge in [-0.2, -0.15) is 0 Å².